The van der Waals surface area contributed by atoms with Gasteiger partial charge in [-0.15, -0.1) is 0 Å². The lowest BCUT2D eigenvalue weighted by atomic mass is 10.3. The van der Waals surface area contributed by atoms with Crippen LogP contribution in [-0.4, -0.2) is 35.5 Å². The van der Waals surface area contributed by atoms with E-state index in [2.05, 4.69) is 0 Å². The van der Waals surface area contributed by atoms with Gasteiger partial charge in [-0.2, -0.15) is 0 Å². The van der Waals surface area contributed by atoms with Crippen molar-refractivity contribution in [3.8, 4) is 0 Å². The molecule has 0 saturated carbocycles. The van der Waals surface area contributed by atoms with Gasteiger partial charge in [0.15, 0.2) is 0 Å². The second-order valence-electron chi connectivity index (χ2n) is 3.89. The van der Waals surface area contributed by atoms with E-state index in [1.807, 2.05) is 19.0 Å². The first kappa shape index (κ1) is 13.1. The Morgan fingerprint density at radius 3 is 2.75 bits per heavy atom. The second-order valence-corrected chi connectivity index (χ2v) is 5.43. The van der Waals surface area contributed by atoms with Gasteiger partial charge in [-0.05, 0) is 45.3 Å². The minimum atomic E-state index is -1.21. The van der Waals surface area contributed by atoms with Gasteiger partial charge in [0, 0.05) is 11.4 Å². The minimum Gasteiger partial charge on any atom is -0.398 e. The molecule has 0 fully saturated rings. The molecule has 1 unspecified atom stereocenters. The Labute approximate surface area is 97.9 Å². The first-order chi connectivity index (χ1) is 7.50. The van der Waals surface area contributed by atoms with Crippen LogP contribution >= 0.6 is 0 Å². The van der Waals surface area contributed by atoms with Crippen LogP contribution in [0.3, 0.4) is 0 Å². The third kappa shape index (κ3) is 3.90. The maximum absolute atomic E-state index is 13.0. The zero-order valence-corrected chi connectivity index (χ0v) is 10.4. The molecule has 3 nitrogen and oxygen atoms in total. The predicted octanol–water partition coefficient (Wildman–Crippen LogP) is 1.47. The molecule has 0 aliphatic heterocycles. The molecule has 0 aliphatic rings. The Morgan fingerprint density at radius 2 is 2.12 bits per heavy atom. The van der Waals surface area contributed by atoms with E-state index in [9.17, 15) is 8.60 Å². The molecule has 0 aromatic heterocycles. The summed E-state index contributed by atoms with van der Waals surface area (Å²) in [5.41, 5.74) is 6.04. The summed E-state index contributed by atoms with van der Waals surface area (Å²) in [4.78, 5) is 2.42. The number of nitrogens with two attached hydrogens (primary N) is 1. The first-order valence-electron chi connectivity index (χ1n) is 5.09. The minimum absolute atomic E-state index is 0.393. The van der Waals surface area contributed by atoms with Crippen molar-refractivity contribution in [3.63, 3.8) is 0 Å². The third-order valence-electron chi connectivity index (χ3n) is 2.16. The highest BCUT2D eigenvalue weighted by Crippen LogP contribution is 2.18. The van der Waals surface area contributed by atoms with Crippen LogP contribution in [0.2, 0.25) is 0 Å². The molecule has 2 N–H and O–H groups in total. The highest BCUT2D eigenvalue weighted by molar-refractivity contribution is 7.85. The number of halogens is 1. The number of nitrogen functional groups attached to an aromatic ring is 1. The van der Waals surface area contributed by atoms with Gasteiger partial charge in [-0.25, -0.2) is 4.39 Å². The van der Waals surface area contributed by atoms with Gasteiger partial charge in [0.2, 0.25) is 0 Å². The normalized spacial score (nSPS) is 13.0. The summed E-state index contributed by atoms with van der Waals surface area (Å²) < 4.78 is 24.8. The number of rotatable bonds is 5. The zero-order chi connectivity index (χ0) is 12.1. The molecular formula is C11H17FN2OS. The van der Waals surface area contributed by atoms with Crippen LogP contribution in [0.4, 0.5) is 10.1 Å². The SMILES string of the molecule is CN(C)CCCS(=O)c1cc(F)ccc1N. The topological polar surface area (TPSA) is 46.3 Å². The molecule has 90 valence electrons. The van der Waals surface area contributed by atoms with E-state index >= 15 is 0 Å². The molecule has 0 bridgehead atoms. The molecule has 1 aromatic rings. The van der Waals surface area contributed by atoms with Crippen molar-refractivity contribution in [2.75, 3.05) is 32.1 Å². The summed E-state index contributed by atoms with van der Waals surface area (Å²) in [5, 5.41) is 0. The smallest absolute Gasteiger partial charge is 0.124 e. The van der Waals surface area contributed by atoms with E-state index in [0.29, 0.717) is 16.3 Å². The average Bonchev–Trinajstić information content (AvgIpc) is 2.21. The van der Waals surface area contributed by atoms with Crippen LogP contribution in [0.1, 0.15) is 6.42 Å². The maximum atomic E-state index is 13.0. The molecule has 0 spiro atoms. The fourth-order valence-corrected chi connectivity index (χ4v) is 2.51. The summed E-state index contributed by atoms with van der Waals surface area (Å²) in [6, 6.07) is 3.98. The van der Waals surface area contributed by atoms with E-state index in [4.69, 9.17) is 5.73 Å². The van der Waals surface area contributed by atoms with E-state index in [1.165, 1.54) is 18.2 Å². The van der Waals surface area contributed by atoms with Gasteiger partial charge < -0.3 is 10.6 Å². The molecule has 0 amide bonds. The second kappa shape index (κ2) is 5.96. The summed E-state index contributed by atoms with van der Waals surface area (Å²) in [5.74, 6) is 0.108. The van der Waals surface area contributed by atoms with Gasteiger partial charge in [0.1, 0.15) is 5.82 Å². The monoisotopic (exact) mass is 244 g/mol. The number of anilines is 1. The number of nitrogens with zero attached hydrogens (tertiary/aromatic N) is 1. The molecule has 16 heavy (non-hydrogen) atoms. The van der Waals surface area contributed by atoms with Gasteiger partial charge in [-0.1, -0.05) is 0 Å². The first-order valence-corrected chi connectivity index (χ1v) is 6.40. The van der Waals surface area contributed by atoms with Gasteiger partial charge in [0.25, 0.3) is 0 Å². The quantitative estimate of drug-likeness (QED) is 0.798. The number of benzene rings is 1. The third-order valence-corrected chi connectivity index (χ3v) is 3.66. The largest absolute Gasteiger partial charge is 0.398 e. The lowest BCUT2D eigenvalue weighted by Crippen LogP contribution is -2.15. The number of hydrogen-bond donors (Lipinski definition) is 1. The Balaban J connectivity index is 2.62. The summed E-state index contributed by atoms with van der Waals surface area (Å²) >= 11 is 0. The number of hydrogen-bond acceptors (Lipinski definition) is 3. The van der Waals surface area contributed by atoms with Crippen molar-refractivity contribution in [1.82, 2.24) is 4.90 Å². The van der Waals surface area contributed by atoms with E-state index in [-0.39, 0.29) is 0 Å². The van der Waals surface area contributed by atoms with Gasteiger partial charge in [-0.3, -0.25) is 4.21 Å². The highest BCUT2D eigenvalue weighted by Gasteiger charge is 2.09. The Bertz CT molecular complexity index is 382. The molecule has 0 aliphatic carbocycles. The van der Waals surface area contributed by atoms with Crippen molar-refractivity contribution in [1.29, 1.82) is 0 Å². The molecule has 0 heterocycles. The van der Waals surface area contributed by atoms with Crippen molar-refractivity contribution in [2.24, 2.45) is 0 Å². The zero-order valence-electron chi connectivity index (χ0n) is 9.57. The highest BCUT2D eigenvalue weighted by atomic mass is 32.2. The predicted molar refractivity (Wildman–Crippen MR) is 65.3 cm³/mol. The molecule has 1 rings (SSSR count). The molecule has 1 atom stereocenters. The summed E-state index contributed by atoms with van der Waals surface area (Å²) in [6.45, 7) is 0.862. The van der Waals surface area contributed by atoms with Crippen LogP contribution in [0, 0.1) is 5.82 Å². The Hall–Kier alpha value is -0.940. The molecular weight excluding hydrogens is 227 g/mol. The van der Waals surface area contributed by atoms with Crippen molar-refractivity contribution >= 4 is 16.5 Å². The molecule has 0 saturated heterocycles. The van der Waals surface area contributed by atoms with E-state index < -0.39 is 16.6 Å². The van der Waals surface area contributed by atoms with Crippen LogP contribution in [0.5, 0.6) is 0 Å². The maximum Gasteiger partial charge on any atom is 0.124 e. The molecule has 0 radical (unpaired) electrons. The van der Waals surface area contributed by atoms with Crippen LogP contribution in [0.25, 0.3) is 0 Å². The fourth-order valence-electron chi connectivity index (χ4n) is 1.33. The van der Waals surface area contributed by atoms with Crippen LogP contribution in [-0.2, 0) is 10.8 Å². The van der Waals surface area contributed by atoms with Crippen LogP contribution < -0.4 is 5.73 Å². The van der Waals surface area contributed by atoms with Crippen LogP contribution in [0.15, 0.2) is 23.1 Å². The lowest BCUT2D eigenvalue weighted by Gasteiger charge is -2.09. The lowest BCUT2D eigenvalue weighted by molar-refractivity contribution is 0.409. The summed E-state index contributed by atoms with van der Waals surface area (Å²) in [7, 11) is 2.70. The van der Waals surface area contributed by atoms with Crippen molar-refractivity contribution < 1.29 is 8.60 Å². The van der Waals surface area contributed by atoms with Crippen molar-refractivity contribution in [3.05, 3.63) is 24.0 Å². The fraction of sp³-hybridized carbons (Fsp3) is 0.455. The standard InChI is InChI=1S/C11H17FN2OS/c1-14(2)6-3-7-16(15)11-8-9(12)4-5-10(11)13/h4-5,8H,3,6-7,13H2,1-2H3. The van der Waals surface area contributed by atoms with Gasteiger partial charge >= 0.3 is 0 Å². The molecule has 5 heteroatoms. The molecule has 1 aromatic carbocycles. The van der Waals surface area contributed by atoms with Gasteiger partial charge in [0.05, 0.1) is 15.7 Å². The Morgan fingerprint density at radius 1 is 1.44 bits per heavy atom. The van der Waals surface area contributed by atoms with E-state index in [0.717, 1.165) is 13.0 Å². The van der Waals surface area contributed by atoms with Crippen molar-refractivity contribution in [2.45, 2.75) is 11.3 Å². The summed E-state index contributed by atoms with van der Waals surface area (Å²) in [6.07, 6.45) is 0.801. The Kier molecular flexibility index (Phi) is 4.89. The average molecular weight is 244 g/mol. The van der Waals surface area contributed by atoms with E-state index in [1.54, 1.807) is 0 Å².